The van der Waals surface area contributed by atoms with Crippen LogP contribution in [0, 0.1) is 0 Å². The lowest BCUT2D eigenvalue weighted by Crippen LogP contribution is -2.35. The molecule has 92 valence electrons. The molecule has 3 heteroatoms. The molecule has 1 aromatic rings. The van der Waals surface area contributed by atoms with Crippen LogP contribution in [0.3, 0.4) is 0 Å². The van der Waals surface area contributed by atoms with Crippen molar-refractivity contribution in [3.8, 4) is 0 Å². The average molecular weight is 252 g/mol. The summed E-state index contributed by atoms with van der Waals surface area (Å²) in [5.41, 5.74) is 1.04. The number of rotatable bonds is 4. The van der Waals surface area contributed by atoms with E-state index in [1.807, 2.05) is 36.1 Å². The second-order valence-corrected chi connectivity index (χ2v) is 4.99. The number of benzene rings is 1. The smallest absolute Gasteiger partial charge is 0.223 e. The minimum absolute atomic E-state index is 0.0728. The van der Waals surface area contributed by atoms with Crippen molar-refractivity contribution in [2.45, 2.75) is 45.2 Å². The second kappa shape index (κ2) is 5.09. The van der Waals surface area contributed by atoms with E-state index in [1.165, 1.54) is 0 Å². The maximum Gasteiger partial charge on any atom is 0.223 e. The predicted molar refractivity (Wildman–Crippen MR) is 70.0 cm³/mol. The van der Waals surface area contributed by atoms with Crippen LogP contribution in [0.2, 0.25) is 5.02 Å². The van der Waals surface area contributed by atoms with Crippen LogP contribution in [0.1, 0.15) is 44.7 Å². The highest BCUT2D eigenvalue weighted by Gasteiger charge is 2.35. The van der Waals surface area contributed by atoms with Crippen LogP contribution in [0.4, 0.5) is 0 Å². The molecule has 0 saturated heterocycles. The molecule has 1 aliphatic rings. The molecule has 1 aromatic carbocycles. The fraction of sp³-hybridized carbons (Fsp3) is 0.500. The van der Waals surface area contributed by atoms with Gasteiger partial charge in [0.15, 0.2) is 0 Å². The first-order valence-corrected chi connectivity index (χ1v) is 6.58. The van der Waals surface area contributed by atoms with Gasteiger partial charge in [0.25, 0.3) is 0 Å². The summed E-state index contributed by atoms with van der Waals surface area (Å²) in [6.45, 7) is 3.98. The SMILES string of the molecule is CCC(=O)N(C1CC1)C(C)c1ccccc1Cl. The number of hydrogen-bond acceptors (Lipinski definition) is 1. The highest BCUT2D eigenvalue weighted by atomic mass is 35.5. The first-order valence-electron chi connectivity index (χ1n) is 6.20. The van der Waals surface area contributed by atoms with E-state index in [4.69, 9.17) is 11.6 Å². The van der Waals surface area contributed by atoms with Gasteiger partial charge in [0.1, 0.15) is 0 Å². The zero-order chi connectivity index (χ0) is 12.4. The van der Waals surface area contributed by atoms with Crippen molar-refractivity contribution in [3.05, 3.63) is 34.9 Å². The van der Waals surface area contributed by atoms with Crippen LogP contribution in [0.5, 0.6) is 0 Å². The molecule has 1 aliphatic carbocycles. The Kier molecular flexibility index (Phi) is 3.72. The van der Waals surface area contributed by atoms with Crippen molar-refractivity contribution in [2.24, 2.45) is 0 Å². The standard InChI is InChI=1S/C14H18ClNO/c1-3-14(17)16(11-8-9-11)10(2)12-6-4-5-7-13(12)15/h4-7,10-11H,3,8-9H2,1-2H3. The minimum Gasteiger partial charge on any atom is -0.333 e. The molecule has 17 heavy (non-hydrogen) atoms. The molecule has 1 fully saturated rings. The largest absolute Gasteiger partial charge is 0.333 e. The second-order valence-electron chi connectivity index (χ2n) is 4.58. The maximum atomic E-state index is 12.0. The molecule has 1 amide bonds. The van der Waals surface area contributed by atoms with Crippen LogP contribution in [-0.2, 0) is 4.79 Å². The molecule has 0 aromatic heterocycles. The van der Waals surface area contributed by atoms with Crippen molar-refractivity contribution in [3.63, 3.8) is 0 Å². The molecule has 0 N–H and O–H groups in total. The predicted octanol–water partition coefficient (Wildman–Crippen LogP) is 3.80. The van der Waals surface area contributed by atoms with E-state index in [1.54, 1.807) is 0 Å². The van der Waals surface area contributed by atoms with E-state index < -0.39 is 0 Å². The lowest BCUT2D eigenvalue weighted by Gasteiger charge is -2.30. The van der Waals surface area contributed by atoms with Crippen molar-refractivity contribution >= 4 is 17.5 Å². The average Bonchev–Trinajstić information content (AvgIpc) is 3.14. The summed E-state index contributed by atoms with van der Waals surface area (Å²) >= 11 is 6.20. The van der Waals surface area contributed by atoms with E-state index in [-0.39, 0.29) is 11.9 Å². The molecule has 0 aliphatic heterocycles. The highest BCUT2D eigenvalue weighted by Crippen LogP contribution is 2.36. The number of amides is 1. The molecule has 1 unspecified atom stereocenters. The van der Waals surface area contributed by atoms with Gasteiger partial charge in [0.2, 0.25) is 5.91 Å². The summed E-state index contributed by atoms with van der Waals surface area (Å²) in [6.07, 6.45) is 2.81. The Morgan fingerprint density at radius 1 is 1.47 bits per heavy atom. The number of halogens is 1. The first kappa shape index (κ1) is 12.4. The molecule has 2 nitrogen and oxygen atoms in total. The summed E-state index contributed by atoms with van der Waals surface area (Å²) in [7, 11) is 0. The molecule has 0 bridgehead atoms. The van der Waals surface area contributed by atoms with E-state index in [9.17, 15) is 4.79 Å². The summed E-state index contributed by atoms with van der Waals surface area (Å²) in [6, 6.07) is 8.28. The van der Waals surface area contributed by atoms with Gasteiger partial charge in [-0.15, -0.1) is 0 Å². The molecule has 1 saturated carbocycles. The summed E-state index contributed by atoms with van der Waals surface area (Å²) in [4.78, 5) is 14.0. The molecule has 2 rings (SSSR count). The van der Waals surface area contributed by atoms with Crippen molar-refractivity contribution < 1.29 is 4.79 Å². The summed E-state index contributed by atoms with van der Waals surface area (Å²) < 4.78 is 0. The number of hydrogen-bond donors (Lipinski definition) is 0. The number of carbonyl (C=O) groups is 1. The monoisotopic (exact) mass is 251 g/mol. The van der Waals surface area contributed by atoms with E-state index in [2.05, 4.69) is 6.92 Å². The lowest BCUT2D eigenvalue weighted by atomic mass is 10.1. The van der Waals surface area contributed by atoms with Crippen LogP contribution in [-0.4, -0.2) is 16.8 Å². The van der Waals surface area contributed by atoms with Gasteiger partial charge in [0, 0.05) is 17.5 Å². The van der Waals surface area contributed by atoms with E-state index >= 15 is 0 Å². The van der Waals surface area contributed by atoms with Gasteiger partial charge in [-0.3, -0.25) is 4.79 Å². The Bertz CT molecular complexity index is 414. The third-order valence-corrected chi connectivity index (χ3v) is 3.65. The van der Waals surface area contributed by atoms with Gasteiger partial charge >= 0.3 is 0 Å². The Morgan fingerprint density at radius 3 is 2.65 bits per heavy atom. The lowest BCUT2D eigenvalue weighted by molar-refractivity contribution is -0.133. The topological polar surface area (TPSA) is 20.3 Å². The van der Waals surface area contributed by atoms with Crippen LogP contribution >= 0.6 is 11.6 Å². The first-order chi connectivity index (χ1) is 8.15. The molecule has 0 radical (unpaired) electrons. The number of nitrogens with zero attached hydrogens (tertiary/aromatic N) is 1. The van der Waals surface area contributed by atoms with Gasteiger partial charge in [-0.1, -0.05) is 36.7 Å². The molecule has 0 spiro atoms. The fourth-order valence-electron chi connectivity index (χ4n) is 2.23. The van der Waals surface area contributed by atoms with Gasteiger partial charge in [-0.25, -0.2) is 0 Å². The Balaban J connectivity index is 2.25. The van der Waals surface area contributed by atoms with Gasteiger partial charge in [-0.05, 0) is 31.4 Å². The Morgan fingerprint density at radius 2 is 2.12 bits per heavy atom. The normalized spacial score (nSPS) is 16.6. The van der Waals surface area contributed by atoms with Crippen LogP contribution in [0.15, 0.2) is 24.3 Å². The third-order valence-electron chi connectivity index (χ3n) is 3.30. The van der Waals surface area contributed by atoms with Crippen molar-refractivity contribution in [1.82, 2.24) is 4.90 Å². The maximum absolute atomic E-state index is 12.0. The molecule has 0 heterocycles. The fourth-order valence-corrected chi connectivity index (χ4v) is 2.53. The molecular formula is C14H18ClNO. The highest BCUT2D eigenvalue weighted by molar-refractivity contribution is 6.31. The van der Waals surface area contributed by atoms with Gasteiger partial charge in [0.05, 0.1) is 6.04 Å². The minimum atomic E-state index is 0.0728. The molecule has 1 atom stereocenters. The zero-order valence-corrected chi connectivity index (χ0v) is 11.1. The van der Waals surface area contributed by atoms with Gasteiger partial charge < -0.3 is 4.90 Å². The number of carbonyl (C=O) groups excluding carboxylic acids is 1. The van der Waals surface area contributed by atoms with Crippen molar-refractivity contribution in [2.75, 3.05) is 0 Å². The summed E-state index contributed by atoms with van der Waals surface area (Å²) in [5.74, 6) is 0.222. The van der Waals surface area contributed by atoms with E-state index in [0.717, 1.165) is 23.4 Å². The molecular weight excluding hydrogens is 234 g/mol. The van der Waals surface area contributed by atoms with Crippen molar-refractivity contribution in [1.29, 1.82) is 0 Å². The zero-order valence-electron chi connectivity index (χ0n) is 10.3. The third kappa shape index (κ3) is 2.63. The Hall–Kier alpha value is -1.02. The Labute approximate surface area is 108 Å². The van der Waals surface area contributed by atoms with Gasteiger partial charge in [-0.2, -0.15) is 0 Å². The quantitative estimate of drug-likeness (QED) is 0.797. The van der Waals surface area contributed by atoms with Crippen LogP contribution in [0.25, 0.3) is 0 Å². The van der Waals surface area contributed by atoms with Crippen LogP contribution < -0.4 is 0 Å². The summed E-state index contributed by atoms with van der Waals surface area (Å²) in [5, 5.41) is 0.745. The van der Waals surface area contributed by atoms with E-state index in [0.29, 0.717) is 12.5 Å².